The number of rotatable bonds is 6. The topological polar surface area (TPSA) is 32.3 Å². The van der Waals surface area contributed by atoms with Crippen molar-refractivity contribution < 1.29 is 4.79 Å². The molecule has 1 amide bonds. The van der Waals surface area contributed by atoms with Crippen LogP contribution < -0.4 is 5.32 Å². The molecule has 3 heteroatoms. The summed E-state index contributed by atoms with van der Waals surface area (Å²) in [5.74, 6) is 0.0955. The molecule has 0 unspecified atom stereocenters. The first-order valence-electron chi connectivity index (χ1n) is 7.83. The van der Waals surface area contributed by atoms with Crippen molar-refractivity contribution in [2.45, 2.75) is 59.5 Å². The fourth-order valence-corrected chi connectivity index (χ4v) is 2.22. The summed E-state index contributed by atoms with van der Waals surface area (Å²) in [5, 5.41) is 2.94. The van der Waals surface area contributed by atoms with Gasteiger partial charge in [0.2, 0.25) is 5.91 Å². The fourth-order valence-electron chi connectivity index (χ4n) is 2.22. The highest BCUT2D eigenvalue weighted by molar-refractivity contribution is 5.78. The van der Waals surface area contributed by atoms with Crippen molar-refractivity contribution >= 4 is 5.91 Å². The van der Waals surface area contributed by atoms with Crippen LogP contribution in [0.2, 0.25) is 0 Å². The smallest absolute Gasteiger partial charge is 0.234 e. The molecule has 0 heterocycles. The maximum Gasteiger partial charge on any atom is 0.234 e. The standard InChI is InChI=1S/C18H30N2O/c1-7-20(13-17(21)19-14(2)3)12-15-8-10-16(11-9-15)18(4,5)6/h8-11,14H,7,12-13H2,1-6H3,(H,19,21). The Bertz CT molecular complexity index is 443. The molecule has 0 aliphatic rings. The van der Waals surface area contributed by atoms with E-state index >= 15 is 0 Å². The van der Waals surface area contributed by atoms with Gasteiger partial charge in [-0.25, -0.2) is 0 Å². The number of benzene rings is 1. The second-order valence-corrected chi connectivity index (χ2v) is 6.97. The van der Waals surface area contributed by atoms with Crippen molar-refractivity contribution in [2.75, 3.05) is 13.1 Å². The summed E-state index contributed by atoms with van der Waals surface area (Å²) in [6, 6.07) is 8.92. The van der Waals surface area contributed by atoms with Gasteiger partial charge < -0.3 is 5.32 Å². The number of likely N-dealkylation sites (N-methyl/N-ethyl adjacent to an activating group) is 1. The van der Waals surface area contributed by atoms with Crippen molar-refractivity contribution in [2.24, 2.45) is 0 Å². The zero-order valence-electron chi connectivity index (χ0n) is 14.4. The van der Waals surface area contributed by atoms with Crippen LogP contribution in [0.4, 0.5) is 0 Å². The van der Waals surface area contributed by atoms with Crippen LogP contribution >= 0.6 is 0 Å². The minimum atomic E-state index is 0.0955. The highest BCUT2D eigenvalue weighted by atomic mass is 16.2. The van der Waals surface area contributed by atoms with E-state index in [1.165, 1.54) is 11.1 Å². The third-order valence-corrected chi connectivity index (χ3v) is 3.49. The molecule has 0 fully saturated rings. The van der Waals surface area contributed by atoms with Crippen molar-refractivity contribution in [3.05, 3.63) is 35.4 Å². The van der Waals surface area contributed by atoms with E-state index in [-0.39, 0.29) is 17.4 Å². The van der Waals surface area contributed by atoms with Crippen LogP contribution in [0.25, 0.3) is 0 Å². The molecule has 0 bridgehead atoms. The lowest BCUT2D eigenvalue weighted by molar-refractivity contribution is -0.122. The highest BCUT2D eigenvalue weighted by Gasteiger charge is 2.14. The summed E-state index contributed by atoms with van der Waals surface area (Å²) in [6.07, 6.45) is 0. The first kappa shape index (κ1) is 17.7. The van der Waals surface area contributed by atoms with E-state index in [1.807, 2.05) is 13.8 Å². The Morgan fingerprint density at radius 2 is 1.76 bits per heavy atom. The van der Waals surface area contributed by atoms with E-state index < -0.39 is 0 Å². The maximum absolute atomic E-state index is 11.8. The number of nitrogens with zero attached hydrogens (tertiary/aromatic N) is 1. The normalized spacial score (nSPS) is 12.0. The van der Waals surface area contributed by atoms with Gasteiger partial charge in [0, 0.05) is 12.6 Å². The number of carbonyl (C=O) groups is 1. The Hall–Kier alpha value is -1.35. The average molecular weight is 290 g/mol. The van der Waals surface area contributed by atoms with Gasteiger partial charge in [-0.2, -0.15) is 0 Å². The third-order valence-electron chi connectivity index (χ3n) is 3.49. The lowest BCUT2D eigenvalue weighted by Gasteiger charge is -2.22. The summed E-state index contributed by atoms with van der Waals surface area (Å²) < 4.78 is 0. The molecule has 1 aromatic carbocycles. The van der Waals surface area contributed by atoms with Gasteiger partial charge in [-0.3, -0.25) is 9.69 Å². The van der Waals surface area contributed by atoms with E-state index in [0.717, 1.165) is 13.1 Å². The Morgan fingerprint density at radius 3 is 2.19 bits per heavy atom. The van der Waals surface area contributed by atoms with Crippen LogP contribution in [-0.4, -0.2) is 29.9 Å². The predicted molar refractivity (Wildman–Crippen MR) is 89.4 cm³/mol. The predicted octanol–water partition coefficient (Wildman–Crippen LogP) is 3.33. The van der Waals surface area contributed by atoms with Crippen LogP contribution in [0.15, 0.2) is 24.3 Å². The Labute approximate surface area is 129 Å². The second kappa shape index (κ2) is 7.60. The van der Waals surface area contributed by atoms with Crippen molar-refractivity contribution in [1.82, 2.24) is 10.2 Å². The second-order valence-electron chi connectivity index (χ2n) is 6.97. The number of amides is 1. The molecule has 0 saturated heterocycles. The molecular formula is C18H30N2O. The quantitative estimate of drug-likeness (QED) is 0.871. The Kier molecular flexibility index (Phi) is 6.41. The molecule has 1 aromatic rings. The zero-order chi connectivity index (χ0) is 16.0. The van der Waals surface area contributed by atoms with Gasteiger partial charge in [0.05, 0.1) is 6.54 Å². The fraction of sp³-hybridized carbons (Fsp3) is 0.611. The molecule has 21 heavy (non-hydrogen) atoms. The summed E-state index contributed by atoms with van der Waals surface area (Å²) in [4.78, 5) is 14.0. The molecule has 1 rings (SSSR count). The first-order valence-corrected chi connectivity index (χ1v) is 7.83. The highest BCUT2D eigenvalue weighted by Crippen LogP contribution is 2.22. The van der Waals surface area contributed by atoms with Crippen molar-refractivity contribution in [1.29, 1.82) is 0 Å². The zero-order valence-corrected chi connectivity index (χ0v) is 14.4. The van der Waals surface area contributed by atoms with Gasteiger partial charge in [-0.05, 0) is 36.9 Å². The molecule has 0 spiro atoms. The molecule has 118 valence electrons. The number of hydrogen-bond acceptors (Lipinski definition) is 2. The first-order chi connectivity index (χ1) is 9.72. The maximum atomic E-state index is 11.8. The van der Waals surface area contributed by atoms with Gasteiger partial charge >= 0.3 is 0 Å². The van der Waals surface area contributed by atoms with Gasteiger partial charge in [0.15, 0.2) is 0 Å². The summed E-state index contributed by atoms with van der Waals surface area (Å²) in [5.41, 5.74) is 2.77. The Morgan fingerprint density at radius 1 is 1.19 bits per heavy atom. The molecular weight excluding hydrogens is 260 g/mol. The largest absolute Gasteiger partial charge is 0.353 e. The molecule has 0 radical (unpaired) electrons. The lowest BCUT2D eigenvalue weighted by atomic mass is 9.87. The van der Waals surface area contributed by atoms with Gasteiger partial charge in [0.1, 0.15) is 0 Å². The molecule has 1 N–H and O–H groups in total. The summed E-state index contributed by atoms with van der Waals surface area (Å²) in [6.45, 7) is 14.9. The van der Waals surface area contributed by atoms with E-state index in [1.54, 1.807) is 0 Å². The summed E-state index contributed by atoms with van der Waals surface area (Å²) in [7, 11) is 0. The Balaban J connectivity index is 2.63. The minimum absolute atomic E-state index is 0.0955. The number of hydrogen-bond donors (Lipinski definition) is 1. The van der Waals surface area contributed by atoms with E-state index in [4.69, 9.17) is 0 Å². The van der Waals surface area contributed by atoms with E-state index in [9.17, 15) is 4.79 Å². The van der Waals surface area contributed by atoms with E-state index in [0.29, 0.717) is 6.54 Å². The molecule has 0 aliphatic heterocycles. The molecule has 0 saturated carbocycles. The van der Waals surface area contributed by atoms with Crippen molar-refractivity contribution in [3.8, 4) is 0 Å². The average Bonchev–Trinajstić information content (AvgIpc) is 2.36. The monoisotopic (exact) mass is 290 g/mol. The molecule has 0 atom stereocenters. The minimum Gasteiger partial charge on any atom is -0.353 e. The van der Waals surface area contributed by atoms with Crippen LogP contribution in [0.5, 0.6) is 0 Å². The van der Waals surface area contributed by atoms with Gasteiger partial charge in [-0.1, -0.05) is 52.0 Å². The van der Waals surface area contributed by atoms with Crippen LogP contribution in [-0.2, 0) is 16.8 Å². The van der Waals surface area contributed by atoms with Gasteiger partial charge in [-0.15, -0.1) is 0 Å². The summed E-state index contributed by atoms with van der Waals surface area (Å²) >= 11 is 0. The third kappa shape index (κ3) is 6.30. The number of nitrogens with one attached hydrogen (secondary N) is 1. The van der Waals surface area contributed by atoms with Crippen LogP contribution in [0, 0.1) is 0 Å². The lowest BCUT2D eigenvalue weighted by Crippen LogP contribution is -2.39. The van der Waals surface area contributed by atoms with E-state index in [2.05, 4.69) is 62.2 Å². The molecule has 0 aliphatic carbocycles. The van der Waals surface area contributed by atoms with Crippen LogP contribution in [0.1, 0.15) is 52.7 Å². The molecule has 3 nitrogen and oxygen atoms in total. The molecule has 0 aromatic heterocycles. The van der Waals surface area contributed by atoms with Crippen molar-refractivity contribution in [3.63, 3.8) is 0 Å². The number of carbonyl (C=O) groups excluding carboxylic acids is 1. The van der Waals surface area contributed by atoms with Crippen LogP contribution in [0.3, 0.4) is 0 Å². The SMILES string of the molecule is CCN(CC(=O)NC(C)C)Cc1ccc(C(C)(C)C)cc1. The van der Waals surface area contributed by atoms with Gasteiger partial charge in [0.25, 0.3) is 0 Å².